The number of hydrogen-bond donors (Lipinski definition) is 0. The Kier molecular flexibility index (Phi) is 2.93. The molecule has 1 aliphatic rings. The van der Waals surface area contributed by atoms with Gasteiger partial charge in [-0.25, -0.2) is 0 Å². The summed E-state index contributed by atoms with van der Waals surface area (Å²) in [6, 6.07) is 0. The molecule has 1 rings (SSSR count). The maximum atomic E-state index is 10.2. The van der Waals surface area contributed by atoms with Gasteiger partial charge in [-0.05, 0) is 6.42 Å². The fourth-order valence-electron chi connectivity index (χ4n) is 0.481. The highest BCUT2D eigenvalue weighted by molar-refractivity contribution is 8.93. The summed E-state index contributed by atoms with van der Waals surface area (Å²) in [5.41, 5.74) is 0. The molecule has 3 nitrogen and oxygen atoms in total. The molecule has 5 heteroatoms. The van der Waals surface area contributed by atoms with Crippen LogP contribution in [0, 0.1) is 0 Å². The van der Waals surface area contributed by atoms with Crippen LogP contribution in [0.5, 0.6) is 0 Å². The van der Waals surface area contributed by atoms with Crippen molar-refractivity contribution in [2.75, 3.05) is 12.4 Å². The van der Waals surface area contributed by atoms with Gasteiger partial charge >= 0.3 is 0 Å². The average Bonchev–Trinajstić information content (AvgIpc) is 1.84. The van der Waals surface area contributed by atoms with E-state index in [4.69, 9.17) is 0 Å². The molecule has 0 aromatic carbocycles. The number of halogens is 1. The van der Waals surface area contributed by atoms with Gasteiger partial charge in [-0.3, -0.25) is 4.18 Å². The van der Waals surface area contributed by atoms with Crippen LogP contribution in [0.3, 0.4) is 0 Å². The molecule has 0 radical (unpaired) electrons. The Bertz CT molecular complexity index is 138. The van der Waals surface area contributed by atoms with Crippen molar-refractivity contribution in [1.29, 1.82) is 0 Å². The molecule has 0 aromatic rings. The largest absolute Gasteiger partial charge is 0.270 e. The second-order valence-electron chi connectivity index (χ2n) is 1.44. The van der Waals surface area contributed by atoms with Crippen LogP contribution in [0.2, 0.25) is 0 Å². The van der Waals surface area contributed by atoms with E-state index in [2.05, 4.69) is 4.18 Å². The van der Waals surface area contributed by atoms with Gasteiger partial charge in [0.25, 0.3) is 10.1 Å². The lowest BCUT2D eigenvalue weighted by Gasteiger charge is -1.83. The lowest BCUT2D eigenvalue weighted by molar-refractivity contribution is 0.354. The first-order valence-corrected chi connectivity index (χ1v) is 3.65. The summed E-state index contributed by atoms with van der Waals surface area (Å²) >= 11 is 0. The Balaban J connectivity index is 0.000000490. The zero-order chi connectivity index (χ0) is 5.33. The lowest BCUT2D eigenvalue weighted by atomic mass is 10.5. The van der Waals surface area contributed by atoms with Gasteiger partial charge in [0, 0.05) is 0 Å². The third kappa shape index (κ3) is 2.11. The fraction of sp³-hybridized carbons (Fsp3) is 1.00. The molecule has 0 N–H and O–H groups in total. The van der Waals surface area contributed by atoms with Gasteiger partial charge < -0.3 is 0 Å². The van der Waals surface area contributed by atoms with Gasteiger partial charge in [0.15, 0.2) is 0 Å². The van der Waals surface area contributed by atoms with E-state index in [0.717, 1.165) is 0 Å². The monoisotopic (exact) mass is 202 g/mol. The van der Waals surface area contributed by atoms with Crippen LogP contribution in [-0.2, 0) is 14.3 Å². The standard InChI is InChI=1S/C3H6O3S.BrH/c4-7(5)3-1-2-6-7;/h1-3H2;1H. The zero-order valence-electron chi connectivity index (χ0n) is 4.16. The van der Waals surface area contributed by atoms with E-state index in [1.54, 1.807) is 0 Å². The van der Waals surface area contributed by atoms with Crippen LogP contribution < -0.4 is 0 Å². The summed E-state index contributed by atoms with van der Waals surface area (Å²) in [5.74, 6) is 0.201. The third-order valence-electron chi connectivity index (χ3n) is 0.802. The van der Waals surface area contributed by atoms with Crippen molar-refractivity contribution in [1.82, 2.24) is 0 Å². The molecule has 1 heterocycles. The molecule has 0 aliphatic carbocycles. The van der Waals surface area contributed by atoms with Crippen molar-refractivity contribution in [2.45, 2.75) is 6.42 Å². The SMILES string of the molecule is Br.O=S1(=O)CCCO1. The van der Waals surface area contributed by atoms with E-state index in [-0.39, 0.29) is 22.7 Å². The molecule has 0 atom stereocenters. The molecule has 1 aliphatic heterocycles. The second kappa shape index (κ2) is 2.80. The zero-order valence-corrected chi connectivity index (χ0v) is 6.69. The summed E-state index contributed by atoms with van der Waals surface area (Å²) in [6.45, 7) is 0.377. The first-order chi connectivity index (χ1) is 3.21. The van der Waals surface area contributed by atoms with Crippen LogP contribution in [0.1, 0.15) is 6.42 Å². The number of hydrogen-bond acceptors (Lipinski definition) is 3. The molecule has 0 unspecified atom stereocenters. The predicted molar refractivity (Wildman–Crippen MR) is 34.7 cm³/mol. The minimum Gasteiger partial charge on any atom is -0.270 e. The molecule has 50 valence electrons. The van der Waals surface area contributed by atoms with E-state index in [1.807, 2.05) is 0 Å². The summed E-state index contributed by atoms with van der Waals surface area (Å²) in [5, 5.41) is 0. The van der Waals surface area contributed by atoms with Crippen LogP contribution in [0.4, 0.5) is 0 Å². The van der Waals surface area contributed by atoms with Gasteiger partial charge in [0.2, 0.25) is 0 Å². The summed E-state index contributed by atoms with van der Waals surface area (Å²) in [7, 11) is -3.05. The van der Waals surface area contributed by atoms with Crippen LogP contribution in [0.25, 0.3) is 0 Å². The van der Waals surface area contributed by atoms with Crippen molar-refractivity contribution < 1.29 is 12.6 Å². The van der Waals surface area contributed by atoms with Crippen molar-refractivity contribution in [3.63, 3.8) is 0 Å². The average molecular weight is 203 g/mol. The molecule has 0 spiro atoms. The Labute approximate surface area is 58.9 Å². The van der Waals surface area contributed by atoms with Crippen molar-refractivity contribution >= 4 is 27.1 Å². The Hall–Kier alpha value is 0.390. The highest BCUT2D eigenvalue weighted by atomic mass is 79.9. The smallest absolute Gasteiger partial charge is 0.267 e. The first-order valence-electron chi connectivity index (χ1n) is 2.08. The van der Waals surface area contributed by atoms with Gasteiger partial charge in [-0.15, -0.1) is 17.0 Å². The highest BCUT2D eigenvalue weighted by Crippen LogP contribution is 2.04. The summed E-state index contributed by atoms with van der Waals surface area (Å²) < 4.78 is 24.7. The summed E-state index contributed by atoms with van der Waals surface area (Å²) in [6.07, 6.45) is 0.655. The molecule has 0 aromatic heterocycles. The minimum absolute atomic E-state index is 0. The third-order valence-corrected chi connectivity index (χ3v) is 2.12. The Morgan fingerprint density at radius 2 is 2.00 bits per heavy atom. The van der Waals surface area contributed by atoms with Crippen molar-refractivity contribution in [3.8, 4) is 0 Å². The molecule has 1 fully saturated rings. The van der Waals surface area contributed by atoms with Crippen molar-refractivity contribution in [3.05, 3.63) is 0 Å². The molecule has 0 saturated carbocycles. The molecular formula is C3H7BrO3S. The molecule has 0 bridgehead atoms. The van der Waals surface area contributed by atoms with E-state index in [9.17, 15) is 8.42 Å². The molecule has 8 heavy (non-hydrogen) atoms. The normalized spacial score (nSPS) is 24.5. The quantitative estimate of drug-likeness (QED) is 0.532. The Morgan fingerprint density at radius 3 is 2.12 bits per heavy atom. The van der Waals surface area contributed by atoms with Gasteiger partial charge in [0.05, 0.1) is 12.4 Å². The predicted octanol–water partition coefficient (Wildman–Crippen LogP) is 0.314. The van der Waals surface area contributed by atoms with E-state index in [0.29, 0.717) is 13.0 Å². The van der Waals surface area contributed by atoms with Gasteiger partial charge in [-0.2, -0.15) is 8.42 Å². The highest BCUT2D eigenvalue weighted by Gasteiger charge is 2.16. The lowest BCUT2D eigenvalue weighted by Crippen LogP contribution is -1.96. The van der Waals surface area contributed by atoms with Crippen LogP contribution in [-0.4, -0.2) is 20.8 Å². The van der Waals surface area contributed by atoms with E-state index < -0.39 is 10.1 Å². The van der Waals surface area contributed by atoms with Crippen LogP contribution in [0.15, 0.2) is 0 Å². The molecular weight excluding hydrogens is 196 g/mol. The second-order valence-corrected chi connectivity index (χ2v) is 3.20. The fourth-order valence-corrected chi connectivity index (χ4v) is 1.44. The van der Waals surface area contributed by atoms with E-state index >= 15 is 0 Å². The van der Waals surface area contributed by atoms with Gasteiger partial charge in [0.1, 0.15) is 0 Å². The molecule has 0 amide bonds. The molecule has 1 saturated heterocycles. The Morgan fingerprint density at radius 1 is 1.38 bits per heavy atom. The maximum Gasteiger partial charge on any atom is 0.267 e. The van der Waals surface area contributed by atoms with Gasteiger partial charge in [-0.1, -0.05) is 0 Å². The summed E-state index contributed by atoms with van der Waals surface area (Å²) in [4.78, 5) is 0. The minimum atomic E-state index is -3.05. The topological polar surface area (TPSA) is 43.4 Å². The van der Waals surface area contributed by atoms with Crippen molar-refractivity contribution in [2.24, 2.45) is 0 Å². The first kappa shape index (κ1) is 8.39. The van der Waals surface area contributed by atoms with E-state index in [1.165, 1.54) is 0 Å². The maximum absolute atomic E-state index is 10.2. The van der Waals surface area contributed by atoms with Crippen LogP contribution >= 0.6 is 17.0 Å². The number of rotatable bonds is 0.